The summed E-state index contributed by atoms with van der Waals surface area (Å²) in [7, 11) is 0. The van der Waals surface area contributed by atoms with Crippen LogP contribution in [0, 0.1) is 0 Å². The van der Waals surface area contributed by atoms with E-state index in [1.807, 2.05) is 13.8 Å². The summed E-state index contributed by atoms with van der Waals surface area (Å²) >= 11 is 5.80. The average Bonchev–Trinajstić information content (AvgIpc) is 2.23. The summed E-state index contributed by atoms with van der Waals surface area (Å²) in [6.07, 6.45) is -0.512. The normalized spacial score (nSPS) is 12.8. The Balaban J connectivity index is 2.28. The highest BCUT2D eigenvalue weighted by molar-refractivity contribution is 6.30. The molecule has 0 spiro atoms. The van der Waals surface area contributed by atoms with Gasteiger partial charge in [-0.3, -0.25) is 0 Å². The van der Waals surface area contributed by atoms with Crippen molar-refractivity contribution < 1.29 is 14.6 Å². The summed E-state index contributed by atoms with van der Waals surface area (Å²) in [5.74, 6) is 0.649. The fourth-order valence-corrected chi connectivity index (χ4v) is 1.28. The Morgan fingerprint density at radius 1 is 1.31 bits per heavy atom. The second kappa shape index (κ2) is 6.74. The molecular formula is C12H17ClO3. The van der Waals surface area contributed by atoms with Crippen LogP contribution in [0.5, 0.6) is 5.75 Å². The highest BCUT2D eigenvalue weighted by Gasteiger charge is 2.06. The van der Waals surface area contributed by atoms with Gasteiger partial charge in [-0.25, -0.2) is 0 Å². The SMILES string of the molecule is CC(C)OCC(O)COc1cccc(Cl)c1. The van der Waals surface area contributed by atoms with E-state index >= 15 is 0 Å². The van der Waals surface area contributed by atoms with Crippen LogP contribution in [-0.4, -0.2) is 30.5 Å². The Bertz CT molecular complexity index is 315. The number of halogens is 1. The van der Waals surface area contributed by atoms with Crippen LogP contribution < -0.4 is 4.74 Å². The van der Waals surface area contributed by atoms with E-state index in [-0.39, 0.29) is 19.3 Å². The lowest BCUT2D eigenvalue weighted by Gasteiger charge is -2.14. The minimum atomic E-state index is -0.624. The highest BCUT2D eigenvalue weighted by atomic mass is 35.5. The first kappa shape index (κ1) is 13.3. The van der Waals surface area contributed by atoms with Gasteiger partial charge in [-0.15, -0.1) is 0 Å². The van der Waals surface area contributed by atoms with Crippen molar-refractivity contribution >= 4 is 11.6 Å². The zero-order chi connectivity index (χ0) is 12.0. The Kier molecular flexibility index (Phi) is 5.60. The van der Waals surface area contributed by atoms with Crippen molar-refractivity contribution in [1.29, 1.82) is 0 Å². The molecule has 1 atom stereocenters. The van der Waals surface area contributed by atoms with Crippen molar-refractivity contribution in [3.8, 4) is 5.75 Å². The van der Waals surface area contributed by atoms with Crippen LogP contribution in [0.4, 0.5) is 0 Å². The molecule has 0 aliphatic heterocycles. The standard InChI is InChI=1S/C12H17ClO3/c1-9(2)15-7-11(14)8-16-12-5-3-4-10(13)6-12/h3-6,9,11,14H,7-8H2,1-2H3. The predicted molar refractivity (Wildman–Crippen MR) is 64.0 cm³/mol. The third-order valence-electron chi connectivity index (χ3n) is 1.86. The lowest BCUT2D eigenvalue weighted by molar-refractivity contribution is -0.0122. The van der Waals surface area contributed by atoms with Gasteiger partial charge in [0, 0.05) is 5.02 Å². The molecule has 1 N–H and O–H groups in total. The quantitative estimate of drug-likeness (QED) is 0.836. The molecule has 0 fully saturated rings. The van der Waals surface area contributed by atoms with Gasteiger partial charge in [-0.05, 0) is 32.0 Å². The number of hydrogen-bond donors (Lipinski definition) is 1. The molecule has 0 aliphatic carbocycles. The topological polar surface area (TPSA) is 38.7 Å². The number of benzene rings is 1. The van der Waals surface area contributed by atoms with Crippen LogP contribution in [0.2, 0.25) is 5.02 Å². The molecule has 1 rings (SSSR count). The Morgan fingerprint density at radius 3 is 2.69 bits per heavy atom. The van der Waals surface area contributed by atoms with Crippen molar-refractivity contribution in [3.63, 3.8) is 0 Å². The fraction of sp³-hybridized carbons (Fsp3) is 0.500. The summed E-state index contributed by atoms with van der Waals surface area (Å²) in [6, 6.07) is 7.07. The van der Waals surface area contributed by atoms with Crippen molar-refractivity contribution in [2.75, 3.05) is 13.2 Å². The second-order valence-electron chi connectivity index (χ2n) is 3.80. The minimum Gasteiger partial charge on any atom is -0.491 e. The van der Waals surface area contributed by atoms with Crippen LogP contribution in [-0.2, 0) is 4.74 Å². The summed E-state index contributed by atoms with van der Waals surface area (Å²) in [6.45, 7) is 4.32. The summed E-state index contributed by atoms with van der Waals surface area (Å²) in [5, 5.41) is 10.2. The lowest BCUT2D eigenvalue weighted by atomic mass is 10.3. The van der Waals surface area contributed by atoms with Gasteiger partial charge in [-0.2, -0.15) is 0 Å². The predicted octanol–water partition coefficient (Wildman–Crippen LogP) is 2.50. The smallest absolute Gasteiger partial charge is 0.120 e. The van der Waals surface area contributed by atoms with Crippen molar-refractivity contribution in [3.05, 3.63) is 29.3 Å². The maximum atomic E-state index is 9.55. The number of hydrogen-bond acceptors (Lipinski definition) is 3. The van der Waals surface area contributed by atoms with Gasteiger partial charge in [0.25, 0.3) is 0 Å². The molecule has 0 amide bonds. The van der Waals surface area contributed by atoms with Gasteiger partial charge in [0.15, 0.2) is 0 Å². The molecule has 1 aromatic rings. The van der Waals surface area contributed by atoms with Crippen molar-refractivity contribution in [1.82, 2.24) is 0 Å². The van der Waals surface area contributed by atoms with Gasteiger partial charge >= 0.3 is 0 Å². The number of aliphatic hydroxyl groups excluding tert-OH is 1. The molecule has 90 valence electrons. The summed E-state index contributed by atoms with van der Waals surface area (Å²) in [5.41, 5.74) is 0. The van der Waals surface area contributed by atoms with Gasteiger partial charge in [0.2, 0.25) is 0 Å². The van der Waals surface area contributed by atoms with Crippen LogP contribution in [0.1, 0.15) is 13.8 Å². The minimum absolute atomic E-state index is 0.112. The molecule has 0 saturated heterocycles. The van der Waals surface area contributed by atoms with Crippen molar-refractivity contribution in [2.24, 2.45) is 0 Å². The van der Waals surface area contributed by atoms with E-state index in [1.165, 1.54) is 0 Å². The van der Waals surface area contributed by atoms with E-state index in [9.17, 15) is 5.11 Å². The van der Waals surface area contributed by atoms with Crippen LogP contribution >= 0.6 is 11.6 Å². The molecule has 0 bridgehead atoms. The molecule has 0 heterocycles. The molecule has 0 aromatic heterocycles. The Labute approximate surface area is 101 Å². The van der Waals surface area contributed by atoms with Crippen LogP contribution in [0.25, 0.3) is 0 Å². The van der Waals surface area contributed by atoms with E-state index in [0.29, 0.717) is 10.8 Å². The summed E-state index contributed by atoms with van der Waals surface area (Å²) in [4.78, 5) is 0. The molecule has 1 aromatic carbocycles. The average molecular weight is 245 g/mol. The molecule has 3 nitrogen and oxygen atoms in total. The number of ether oxygens (including phenoxy) is 2. The first-order chi connectivity index (χ1) is 7.58. The van der Waals surface area contributed by atoms with Gasteiger partial charge in [-0.1, -0.05) is 17.7 Å². The first-order valence-electron chi connectivity index (χ1n) is 5.26. The fourth-order valence-electron chi connectivity index (χ4n) is 1.10. The Hall–Kier alpha value is -0.770. The first-order valence-corrected chi connectivity index (χ1v) is 5.63. The van der Waals surface area contributed by atoms with Crippen molar-refractivity contribution in [2.45, 2.75) is 26.1 Å². The molecule has 0 aliphatic rings. The highest BCUT2D eigenvalue weighted by Crippen LogP contribution is 2.17. The maximum absolute atomic E-state index is 9.55. The second-order valence-corrected chi connectivity index (χ2v) is 4.24. The number of aliphatic hydroxyl groups is 1. The lowest BCUT2D eigenvalue weighted by Crippen LogP contribution is -2.25. The number of rotatable bonds is 6. The van der Waals surface area contributed by atoms with Crippen LogP contribution in [0.3, 0.4) is 0 Å². The molecular weight excluding hydrogens is 228 g/mol. The monoisotopic (exact) mass is 244 g/mol. The van der Waals surface area contributed by atoms with Crippen LogP contribution in [0.15, 0.2) is 24.3 Å². The van der Waals surface area contributed by atoms with Gasteiger partial charge in [0.05, 0.1) is 12.7 Å². The zero-order valence-electron chi connectivity index (χ0n) is 9.52. The molecule has 4 heteroatoms. The third kappa shape index (κ3) is 5.35. The molecule has 1 unspecified atom stereocenters. The van der Waals surface area contributed by atoms with E-state index < -0.39 is 6.10 Å². The summed E-state index contributed by atoms with van der Waals surface area (Å²) < 4.78 is 10.6. The zero-order valence-corrected chi connectivity index (χ0v) is 10.3. The Morgan fingerprint density at radius 2 is 2.06 bits per heavy atom. The maximum Gasteiger partial charge on any atom is 0.120 e. The van der Waals surface area contributed by atoms with E-state index in [1.54, 1.807) is 24.3 Å². The van der Waals surface area contributed by atoms with Gasteiger partial charge < -0.3 is 14.6 Å². The van der Waals surface area contributed by atoms with E-state index in [0.717, 1.165) is 0 Å². The largest absolute Gasteiger partial charge is 0.491 e. The molecule has 0 saturated carbocycles. The molecule has 0 radical (unpaired) electrons. The van der Waals surface area contributed by atoms with Gasteiger partial charge in [0.1, 0.15) is 18.5 Å². The molecule has 16 heavy (non-hydrogen) atoms. The van der Waals surface area contributed by atoms with E-state index in [2.05, 4.69) is 0 Å². The van der Waals surface area contributed by atoms with E-state index in [4.69, 9.17) is 21.1 Å². The third-order valence-corrected chi connectivity index (χ3v) is 2.10.